The number of rotatable bonds is 32. The van der Waals surface area contributed by atoms with Crippen LogP contribution in [0, 0.1) is 13.8 Å². The Labute approximate surface area is 682 Å². The van der Waals surface area contributed by atoms with Crippen molar-refractivity contribution < 1.29 is 131 Å². The minimum atomic E-state index is -5.66. The largest absolute Gasteiger partial charge is 0.472 e. The number of phosphoric acid groups is 5. The number of fused-ring (bicyclic) bond motifs is 4. The molecule has 10 aromatic rings. The Balaban J connectivity index is 0.617. The van der Waals surface area contributed by atoms with E-state index in [9.17, 15) is 86.3 Å². The van der Waals surface area contributed by atoms with Gasteiger partial charge >= 0.3 is 50.5 Å². The topological polar surface area (TPSA) is 803 Å². The molecule has 0 aromatic carbocycles. The number of nitrogens with zero attached hydrogens (tertiary/aromatic N) is 16. The fraction of sp³-hybridized carbons (Fsp3) is 0.533. The SMILES string of the molecule is Cc1cn([C@H]2C[C@H](OP(=O)(O)OC[C@H]3O[C@@H](n4cnc5c(N)ncnc54)C[C@@H]3OP(=O)(O)OC[C@H]3O[C@@H](n4cnc5c(=O)[nH]c(N)nc54)C[C@@H]3OP(=O)(O)OC[C@H]3O[C@@H](n4cnc5c(=O)[nH]c(N)nc54)C[C@@H]3OP(=O)(O)OC[C@H]3O[C@@H](n4cc(C)c(=O)[nH]c4=O)C[C@@H]3OP(=O)(O)OC[C@H]3O[C@@H](n4cnc5c(N)ncnc54)C[C@@H]3O)[C@@H](CO)O2)c(=O)[nH]c1=O. The molecule has 0 aliphatic carbocycles. The second kappa shape index (κ2) is 34.2. The number of nitrogens with two attached hydrogens (primary N) is 4. The van der Waals surface area contributed by atoms with E-state index in [4.69, 9.17) is 96.6 Å². The second-order valence-corrected chi connectivity index (χ2v) is 35.7. The Kier molecular flexibility index (Phi) is 24.2. The van der Waals surface area contributed by atoms with Crippen LogP contribution in [0.4, 0.5) is 23.5 Å². The Bertz CT molecular complexity index is 6340. The number of nitrogens with one attached hydrogen (secondary N) is 4. The third-order valence-corrected chi connectivity index (χ3v) is 25.5. The van der Waals surface area contributed by atoms with Gasteiger partial charge in [0.15, 0.2) is 45.3 Å². The van der Waals surface area contributed by atoms with E-state index in [2.05, 4.69) is 69.8 Å². The quantitative estimate of drug-likeness (QED) is 0.0195. The Morgan fingerprint density at radius 2 is 0.667 bits per heavy atom. The maximum Gasteiger partial charge on any atom is 0.472 e. The van der Waals surface area contributed by atoms with Crippen molar-refractivity contribution in [2.24, 2.45) is 0 Å². The molecule has 6 aliphatic heterocycles. The van der Waals surface area contributed by atoms with Gasteiger partial charge in [-0.25, -0.2) is 72.3 Å². The van der Waals surface area contributed by atoms with Crippen LogP contribution < -0.4 is 56.6 Å². The first-order valence-corrected chi connectivity index (χ1v) is 44.2. The van der Waals surface area contributed by atoms with Crippen molar-refractivity contribution in [3.63, 3.8) is 0 Å². The first-order valence-electron chi connectivity index (χ1n) is 36.8. The highest BCUT2D eigenvalue weighted by atomic mass is 31.2. The number of hydrogen-bond donors (Lipinski definition) is 15. The van der Waals surface area contributed by atoms with E-state index in [1.165, 1.54) is 48.2 Å². The lowest BCUT2D eigenvalue weighted by atomic mass is 10.2. The molecule has 10 aromatic heterocycles. The number of anilines is 4. The van der Waals surface area contributed by atoms with Gasteiger partial charge in [-0.05, 0) is 13.8 Å². The van der Waals surface area contributed by atoms with E-state index in [-0.39, 0.29) is 80.3 Å². The highest BCUT2D eigenvalue weighted by molar-refractivity contribution is 7.48. The number of aryl methyl sites for hydroxylation is 2. The standard InChI is InChI=1S/C60H75N24O34P5/c1-23-9-79(59(91)77-53(23)87)38-4-26(31(11-85)108-38)114-120(95,96)104-14-34-28(6-40(111-34)82-20-70-44-48(62)66-18-68-50(44)82)116-122(99,100)106-15-35-30(8-42(112-35)84-22-72-46-52(84)74-58(64)76-56(46)90)118-123(101,102)107-16-36-29(7-41(113-36)83-21-71-45-51(83)73-57(63)75-55(45)89)117-121(97,98)105-13-33-27(5-39(110-33)80-10-24(2)54(88)78-60(80)92)115-119(93,94)103-12-32-25(86)3-37(109-32)81-19-69-43-47(61)65-17-67-49(43)81/h9-10,17-22,25-42,85-86H,3-8,11-16H2,1-2H3,(H,93,94)(H,95,96)(H,97,98)(H,99,100)(H,101,102)(H2,61,65,67)(H2,62,66,68)(H,77,87,91)(H,78,88,92)(H3,63,73,75,89)(H3,64,74,76,90)/t25-,26-,27-,28-,29-,30-,31+,32+,33+,34+,35+,36+,37+,38+,39+,40+,41+,42+/m0/s1. The molecule has 664 valence electrons. The fourth-order valence-corrected chi connectivity index (χ4v) is 19.4. The van der Waals surface area contributed by atoms with Crippen molar-refractivity contribution >= 4 is 107 Å². The average molecular weight is 1830 g/mol. The molecular weight excluding hydrogens is 1760 g/mol. The highest BCUT2D eigenvalue weighted by Gasteiger charge is 2.52. The third kappa shape index (κ3) is 18.7. The number of imidazole rings is 4. The van der Waals surface area contributed by atoms with Crippen LogP contribution in [0.1, 0.15) is 87.0 Å². The minimum Gasteiger partial charge on any atom is -0.394 e. The highest BCUT2D eigenvalue weighted by Crippen LogP contribution is 2.57. The summed E-state index contributed by atoms with van der Waals surface area (Å²) in [6, 6.07) is 0. The van der Waals surface area contributed by atoms with Gasteiger partial charge in [-0.15, -0.1) is 0 Å². The summed E-state index contributed by atoms with van der Waals surface area (Å²) in [6.45, 7) is -3.12. The normalized spacial score (nSPS) is 29.3. The summed E-state index contributed by atoms with van der Waals surface area (Å²) in [5.41, 5.74) is 18.6. The van der Waals surface area contributed by atoms with Gasteiger partial charge in [0.1, 0.15) is 128 Å². The number of nitrogen functional groups attached to an aromatic ring is 4. The van der Waals surface area contributed by atoms with Crippen molar-refractivity contribution in [1.82, 2.24) is 97.2 Å². The predicted molar refractivity (Wildman–Crippen MR) is 404 cm³/mol. The van der Waals surface area contributed by atoms with E-state index < -0.39 is 261 Å². The Morgan fingerprint density at radius 1 is 0.382 bits per heavy atom. The molecule has 0 radical (unpaired) electrons. The summed E-state index contributed by atoms with van der Waals surface area (Å²) in [4.78, 5) is 184. The van der Waals surface area contributed by atoms with Crippen molar-refractivity contribution in [3.8, 4) is 0 Å². The van der Waals surface area contributed by atoms with Gasteiger partial charge in [-0.2, -0.15) is 9.97 Å². The van der Waals surface area contributed by atoms with Crippen LogP contribution in [0.15, 0.2) is 79.1 Å². The summed E-state index contributed by atoms with van der Waals surface area (Å²) in [5, 5.41) is 21.2. The van der Waals surface area contributed by atoms with Gasteiger partial charge in [0.25, 0.3) is 22.2 Å². The second-order valence-electron chi connectivity index (χ2n) is 28.7. The Hall–Kier alpha value is -9.41. The van der Waals surface area contributed by atoms with E-state index in [1.54, 1.807) is 0 Å². The molecule has 0 amide bonds. The molecule has 16 heterocycles. The molecule has 63 heteroatoms. The maximum absolute atomic E-state index is 14.6. The lowest BCUT2D eigenvalue weighted by molar-refractivity contribution is -0.0643. The number of aliphatic hydroxyl groups excluding tert-OH is 2. The zero-order valence-corrected chi connectivity index (χ0v) is 67.8. The van der Waals surface area contributed by atoms with E-state index in [0.717, 1.165) is 43.4 Å². The molecule has 58 nitrogen and oxygen atoms in total. The zero-order chi connectivity index (χ0) is 87.3. The van der Waals surface area contributed by atoms with E-state index >= 15 is 0 Å². The molecule has 6 fully saturated rings. The van der Waals surface area contributed by atoms with Crippen LogP contribution in [0.2, 0.25) is 0 Å². The number of aromatic amines is 4. The van der Waals surface area contributed by atoms with Gasteiger partial charge < -0.3 is 86.0 Å². The zero-order valence-electron chi connectivity index (χ0n) is 63.4. The van der Waals surface area contributed by atoms with Crippen molar-refractivity contribution in [3.05, 3.63) is 124 Å². The molecule has 6 saturated heterocycles. The Morgan fingerprint density at radius 3 is 1.01 bits per heavy atom. The fourth-order valence-electron chi connectivity index (χ4n) is 14.6. The van der Waals surface area contributed by atoms with Crippen LogP contribution >= 0.6 is 39.1 Å². The summed E-state index contributed by atoms with van der Waals surface area (Å²) < 4.78 is 170. The number of H-pyrrole nitrogens is 4. The molecule has 0 saturated carbocycles. The number of aromatic nitrogens is 20. The smallest absolute Gasteiger partial charge is 0.394 e. The summed E-state index contributed by atoms with van der Waals surface area (Å²) >= 11 is 0. The maximum atomic E-state index is 14.6. The lowest BCUT2D eigenvalue weighted by Gasteiger charge is -2.26. The van der Waals surface area contributed by atoms with Crippen LogP contribution in [0.5, 0.6) is 0 Å². The molecular formula is C60H75N24O34P5. The predicted octanol–water partition coefficient (Wildman–Crippen LogP) is -2.43. The minimum absolute atomic E-state index is 0.00497. The molecule has 5 unspecified atom stereocenters. The molecule has 0 spiro atoms. The van der Waals surface area contributed by atoms with Crippen LogP contribution in [0.25, 0.3) is 44.7 Å². The van der Waals surface area contributed by atoms with E-state index in [1.807, 2.05) is 0 Å². The first-order chi connectivity index (χ1) is 58.3. The molecule has 19 N–H and O–H groups in total. The van der Waals surface area contributed by atoms with Gasteiger partial charge in [0.05, 0.1) is 71.1 Å². The lowest BCUT2D eigenvalue weighted by Crippen LogP contribution is -2.33. The number of phosphoric ester groups is 5. The van der Waals surface area contributed by atoms with Crippen molar-refractivity contribution in [2.45, 2.75) is 163 Å². The number of aliphatic hydroxyl groups is 2. The van der Waals surface area contributed by atoms with Crippen LogP contribution in [-0.4, -0.2) is 245 Å². The molecule has 0 bridgehead atoms. The summed E-state index contributed by atoms with van der Waals surface area (Å²) in [5.74, 6) is -0.788. The van der Waals surface area contributed by atoms with Gasteiger partial charge in [-0.1, -0.05) is 0 Å². The van der Waals surface area contributed by atoms with Crippen molar-refractivity contribution in [1.29, 1.82) is 0 Å². The summed E-state index contributed by atoms with van der Waals surface area (Å²) in [6.07, 6.45) is -20.1. The molecule has 6 aliphatic rings. The number of hydrogen-bond acceptors (Lipinski definition) is 43. The van der Waals surface area contributed by atoms with Gasteiger partial charge in [-0.3, -0.25) is 112 Å². The van der Waals surface area contributed by atoms with Gasteiger partial charge in [0.2, 0.25) is 11.9 Å². The summed E-state index contributed by atoms with van der Waals surface area (Å²) in [7, 11) is -27.5. The van der Waals surface area contributed by atoms with Crippen molar-refractivity contribution in [2.75, 3.05) is 62.6 Å². The average Bonchev–Trinajstić information content (AvgIpc) is 1.67. The molecule has 16 rings (SSSR count). The van der Waals surface area contributed by atoms with Crippen LogP contribution in [-0.2, 0) is 96.5 Å². The monoisotopic (exact) mass is 1830 g/mol. The molecule has 123 heavy (non-hydrogen) atoms. The third-order valence-electron chi connectivity index (χ3n) is 20.5. The van der Waals surface area contributed by atoms with Gasteiger partial charge in [0, 0.05) is 62.0 Å². The number of ether oxygens (including phenoxy) is 6. The van der Waals surface area contributed by atoms with E-state index in [0.29, 0.717) is 0 Å². The van der Waals surface area contributed by atoms with Crippen LogP contribution in [0.3, 0.4) is 0 Å². The first kappa shape index (κ1) is 87.1. The molecule has 23 atom stereocenters.